The van der Waals surface area contributed by atoms with Gasteiger partial charge in [0.1, 0.15) is 0 Å². The van der Waals surface area contributed by atoms with E-state index >= 15 is 0 Å². The second-order valence-corrected chi connectivity index (χ2v) is 6.03. The Hall–Kier alpha value is -0.0400. The molecule has 3 unspecified atom stereocenters. The van der Waals surface area contributed by atoms with E-state index in [0.29, 0.717) is 16.9 Å². The van der Waals surface area contributed by atoms with Crippen molar-refractivity contribution in [3.05, 3.63) is 0 Å². The molecule has 1 heteroatoms. The van der Waals surface area contributed by atoms with Crippen LogP contribution in [0.3, 0.4) is 0 Å². The normalized spacial score (nSPS) is 36.2. The summed E-state index contributed by atoms with van der Waals surface area (Å²) in [6.07, 6.45) is 0. The fourth-order valence-corrected chi connectivity index (χ4v) is 2.21. The van der Waals surface area contributed by atoms with Gasteiger partial charge < -0.3 is 5.73 Å². The summed E-state index contributed by atoms with van der Waals surface area (Å²) >= 11 is 0. The van der Waals surface area contributed by atoms with Crippen molar-refractivity contribution in [2.75, 3.05) is 0 Å². The standard InChI is InChI=1S/C11H23N/c1-7(10(2,3)4)8-9(12)11(8,5)6/h7-9H,12H2,1-6H3. The molecular formula is C11H23N. The molecule has 1 aliphatic carbocycles. The molecule has 72 valence electrons. The summed E-state index contributed by atoms with van der Waals surface area (Å²) < 4.78 is 0. The predicted octanol–water partition coefficient (Wildman–Crippen LogP) is 2.65. The zero-order valence-corrected chi connectivity index (χ0v) is 9.31. The molecule has 2 N–H and O–H groups in total. The Kier molecular flexibility index (Phi) is 2.07. The molecule has 0 heterocycles. The lowest BCUT2D eigenvalue weighted by molar-refractivity contribution is 0.210. The first kappa shape index (κ1) is 10.0. The second-order valence-electron chi connectivity index (χ2n) is 6.03. The van der Waals surface area contributed by atoms with Crippen LogP contribution in [-0.2, 0) is 0 Å². The highest BCUT2D eigenvalue weighted by atomic mass is 14.8. The molecular weight excluding hydrogens is 146 g/mol. The molecule has 0 amide bonds. The predicted molar refractivity (Wildman–Crippen MR) is 53.9 cm³/mol. The molecule has 12 heavy (non-hydrogen) atoms. The molecule has 0 saturated heterocycles. The SMILES string of the molecule is CC(C1C(N)C1(C)C)C(C)(C)C. The summed E-state index contributed by atoms with van der Waals surface area (Å²) in [6, 6.07) is 0.423. The van der Waals surface area contributed by atoms with Crippen molar-refractivity contribution < 1.29 is 0 Å². The lowest BCUT2D eigenvalue weighted by atomic mass is 9.77. The van der Waals surface area contributed by atoms with Crippen molar-refractivity contribution in [1.29, 1.82) is 0 Å². The summed E-state index contributed by atoms with van der Waals surface area (Å²) in [4.78, 5) is 0. The van der Waals surface area contributed by atoms with E-state index in [2.05, 4.69) is 41.5 Å². The highest BCUT2D eigenvalue weighted by Gasteiger charge is 2.59. The average Bonchev–Trinajstić information content (AvgIpc) is 2.30. The average molecular weight is 169 g/mol. The van der Waals surface area contributed by atoms with Gasteiger partial charge in [-0.3, -0.25) is 0 Å². The minimum Gasteiger partial charge on any atom is -0.327 e. The minimum absolute atomic E-state index is 0.382. The Labute approximate surface area is 76.7 Å². The first-order chi connectivity index (χ1) is 5.19. The lowest BCUT2D eigenvalue weighted by Gasteiger charge is -2.28. The van der Waals surface area contributed by atoms with Crippen LogP contribution < -0.4 is 5.73 Å². The topological polar surface area (TPSA) is 26.0 Å². The molecule has 1 rings (SSSR count). The van der Waals surface area contributed by atoms with Gasteiger partial charge in [0, 0.05) is 6.04 Å². The fraction of sp³-hybridized carbons (Fsp3) is 1.00. The van der Waals surface area contributed by atoms with E-state index in [-0.39, 0.29) is 0 Å². The highest BCUT2D eigenvalue weighted by Crippen LogP contribution is 2.58. The molecule has 0 spiro atoms. The third-order valence-corrected chi connectivity index (χ3v) is 3.90. The quantitative estimate of drug-likeness (QED) is 0.641. The summed E-state index contributed by atoms with van der Waals surface area (Å²) in [5, 5.41) is 0. The maximum absolute atomic E-state index is 6.04. The smallest absolute Gasteiger partial charge is 0.0130 e. The number of hydrogen-bond acceptors (Lipinski definition) is 1. The van der Waals surface area contributed by atoms with Crippen LogP contribution in [0.1, 0.15) is 41.5 Å². The van der Waals surface area contributed by atoms with Gasteiger partial charge in [0.15, 0.2) is 0 Å². The van der Waals surface area contributed by atoms with Crippen LogP contribution in [0, 0.1) is 22.7 Å². The van der Waals surface area contributed by atoms with Gasteiger partial charge in [-0.2, -0.15) is 0 Å². The molecule has 3 atom stereocenters. The first-order valence-corrected chi connectivity index (χ1v) is 4.94. The van der Waals surface area contributed by atoms with Gasteiger partial charge in [0.25, 0.3) is 0 Å². The Balaban J connectivity index is 2.64. The van der Waals surface area contributed by atoms with E-state index in [1.807, 2.05) is 0 Å². The van der Waals surface area contributed by atoms with Crippen LogP contribution in [0.15, 0.2) is 0 Å². The van der Waals surface area contributed by atoms with E-state index in [1.165, 1.54) is 0 Å². The van der Waals surface area contributed by atoms with Crippen LogP contribution in [0.5, 0.6) is 0 Å². The molecule has 0 radical (unpaired) electrons. The zero-order valence-electron chi connectivity index (χ0n) is 9.31. The Morgan fingerprint density at radius 3 is 1.67 bits per heavy atom. The van der Waals surface area contributed by atoms with Crippen LogP contribution in [0.25, 0.3) is 0 Å². The van der Waals surface area contributed by atoms with E-state index in [4.69, 9.17) is 5.73 Å². The summed E-state index contributed by atoms with van der Waals surface area (Å²) in [7, 11) is 0. The molecule has 1 nitrogen and oxygen atoms in total. The maximum Gasteiger partial charge on any atom is 0.0130 e. The van der Waals surface area contributed by atoms with Crippen molar-refractivity contribution in [3.8, 4) is 0 Å². The third kappa shape index (κ3) is 1.39. The van der Waals surface area contributed by atoms with Crippen molar-refractivity contribution in [2.45, 2.75) is 47.6 Å². The van der Waals surface area contributed by atoms with Gasteiger partial charge >= 0.3 is 0 Å². The Morgan fingerprint density at radius 2 is 1.58 bits per heavy atom. The monoisotopic (exact) mass is 169 g/mol. The summed E-state index contributed by atoms with van der Waals surface area (Å²) in [5.74, 6) is 1.44. The van der Waals surface area contributed by atoms with Crippen LogP contribution in [0.2, 0.25) is 0 Å². The third-order valence-electron chi connectivity index (χ3n) is 3.90. The highest BCUT2D eigenvalue weighted by molar-refractivity contribution is 5.11. The van der Waals surface area contributed by atoms with Crippen molar-refractivity contribution >= 4 is 0 Å². The van der Waals surface area contributed by atoms with Gasteiger partial charge in [-0.25, -0.2) is 0 Å². The van der Waals surface area contributed by atoms with Crippen molar-refractivity contribution in [2.24, 2.45) is 28.4 Å². The van der Waals surface area contributed by atoms with Crippen LogP contribution >= 0.6 is 0 Å². The van der Waals surface area contributed by atoms with E-state index in [9.17, 15) is 0 Å². The Morgan fingerprint density at radius 1 is 1.25 bits per heavy atom. The van der Waals surface area contributed by atoms with Crippen molar-refractivity contribution in [3.63, 3.8) is 0 Å². The van der Waals surface area contributed by atoms with Crippen molar-refractivity contribution in [1.82, 2.24) is 0 Å². The molecule has 0 aromatic rings. The van der Waals surface area contributed by atoms with Gasteiger partial charge in [-0.05, 0) is 22.7 Å². The van der Waals surface area contributed by atoms with E-state index < -0.39 is 0 Å². The van der Waals surface area contributed by atoms with Crippen LogP contribution in [0.4, 0.5) is 0 Å². The number of hydrogen-bond donors (Lipinski definition) is 1. The van der Waals surface area contributed by atoms with Gasteiger partial charge in [0.2, 0.25) is 0 Å². The summed E-state index contributed by atoms with van der Waals surface area (Å²) in [6.45, 7) is 13.8. The Bertz CT molecular complexity index is 166. The van der Waals surface area contributed by atoms with E-state index in [0.717, 1.165) is 11.8 Å². The second kappa shape index (κ2) is 2.47. The molecule has 0 bridgehead atoms. The maximum atomic E-state index is 6.04. The minimum atomic E-state index is 0.382. The number of nitrogens with two attached hydrogens (primary N) is 1. The van der Waals surface area contributed by atoms with Gasteiger partial charge in [-0.1, -0.05) is 41.5 Å². The molecule has 0 aromatic carbocycles. The van der Waals surface area contributed by atoms with Gasteiger partial charge in [-0.15, -0.1) is 0 Å². The molecule has 0 aliphatic heterocycles. The van der Waals surface area contributed by atoms with Gasteiger partial charge in [0.05, 0.1) is 0 Å². The van der Waals surface area contributed by atoms with E-state index in [1.54, 1.807) is 0 Å². The summed E-state index contributed by atoms with van der Waals surface area (Å²) in [5.41, 5.74) is 6.82. The molecule has 1 aliphatic rings. The molecule has 0 aromatic heterocycles. The lowest BCUT2D eigenvalue weighted by Crippen LogP contribution is -2.22. The number of rotatable bonds is 1. The van der Waals surface area contributed by atoms with Crippen LogP contribution in [-0.4, -0.2) is 6.04 Å². The largest absolute Gasteiger partial charge is 0.327 e. The molecule has 1 saturated carbocycles. The first-order valence-electron chi connectivity index (χ1n) is 4.94. The fourth-order valence-electron chi connectivity index (χ4n) is 2.21. The zero-order chi connectivity index (χ0) is 9.73. The molecule has 1 fully saturated rings.